The van der Waals surface area contributed by atoms with E-state index < -0.39 is 5.82 Å². The topological polar surface area (TPSA) is 79.4 Å². The monoisotopic (exact) mass is 573 g/mol. The molecule has 2 heterocycles. The number of halogens is 3. The minimum absolute atomic E-state index is 0. The molecule has 2 fully saturated rings. The van der Waals surface area contributed by atoms with Crippen molar-refractivity contribution in [3.8, 4) is 5.75 Å². The van der Waals surface area contributed by atoms with Gasteiger partial charge in [-0.2, -0.15) is 0 Å². The van der Waals surface area contributed by atoms with Crippen molar-refractivity contribution in [1.29, 1.82) is 0 Å². The molecule has 0 unspecified atom stereocenters. The number of nitrogens with zero attached hydrogens (tertiary/aromatic N) is 3. The molecule has 208 valence electrons. The van der Waals surface area contributed by atoms with Crippen LogP contribution in [0.5, 0.6) is 5.75 Å². The van der Waals surface area contributed by atoms with Gasteiger partial charge < -0.3 is 20.3 Å². The average molecular weight is 575 g/mol. The minimum atomic E-state index is -0.495. The first kappa shape index (κ1) is 29.1. The van der Waals surface area contributed by atoms with Crippen molar-refractivity contribution in [2.24, 2.45) is 11.3 Å². The van der Waals surface area contributed by atoms with E-state index in [-0.39, 0.29) is 23.3 Å². The van der Waals surface area contributed by atoms with Crippen LogP contribution in [-0.4, -0.2) is 47.5 Å². The van der Waals surface area contributed by atoms with E-state index in [1.54, 1.807) is 12.1 Å². The van der Waals surface area contributed by atoms with Crippen LogP contribution in [0.25, 0.3) is 10.9 Å². The molecule has 1 saturated carbocycles. The van der Waals surface area contributed by atoms with E-state index in [4.69, 9.17) is 16.3 Å². The Balaban J connectivity index is 0.00000353. The molecule has 3 aromatic rings. The summed E-state index contributed by atoms with van der Waals surface area (Å²) in [6, 6.07) is 8.02. The number of hydrogen-bond acceptors (Lipinski definition) is 6. The van der Waals surface area contributed by atoms with Gasteiger partial charge >= 0.3 is 0 Å². The summed E-state index contributed by atoms with van der Waals surface area (Å²) in [6.45, 7) is 4.90. The Morgan fingerprint density at radius 1 is 1.23 bits per heavy atom. The molecule has 5 rings (SSSR count). The van der Waals surface area contributed by atoms with Crippen LogP contribution < -0.4 is 15.4 Å². The predicted molar refractivity (Wildman–Crippen MR) is 157 cm³/mol. The van der Waals surface area contributed by atoms with E-state index in [9.17, 15) is 9.18 Å². The van der Waals surface area contributed by atoms with Gasteiger partial charge in [0.05, 0.1) is 22.8 Å². The van der Waals surface area contributed by atoms with E-state index >= 15 is 0 Å². The molecule has 0 radical (unpaired) electrons. The van der Waals surface area contributed by atoms with Gasteiger partial charge in [-0.25, -0.2) is 14.4 Å². The van der Waals surface area contributed by atoms with Gasteiger partial charge in [-0.1, -0.05) is 24.6 Å². The van der Waals surface area contributed by atoms with Gasteiger partial charge in [0.1, 0.15) is 23.7 Å². The number of ether oxygens (including phenoxy) is 1. The Morgan fingerprint density at radius 3 is 2.72 bits per heavy atom. The summed E-state index contributed by atoms with van der Waals surface area (Å²) >= 11 is 5.95. The highest BCUT2D eigenvalue weighted by atomic mass is 35.5. The highest BCUT2D eigenvalue weighted by Gasteiger charge is 2.45. The van der Waals surface area contributed by atoms with Crippen LogP contribution in [0, 0.1) is 17.2 Å². The van der Waals surface area contributed by atoms with Gasteiger partial charge in [-0.05, 0) is 93.9 Å². The van der Waals surface area contributed by atoms with Crippen LogP contribution in [-0.2, 0) is 4.79 Å². The zero-order valence-corrected chi connectivity index (χ0v) is 23.7. The van der Waals surface area contributed by atoms with E-state index in [2.05, 4.69) is 32.5 Å². The van der Waals surface area contributed by atoms with Crippen molar-refractivity contribution in [3.63, 3.8) is 0 Å². The minimum Gasteiger partial charge on any atom is -0.491 e. The fraction of sp³-hybridized carbons (Fsp3) is 0.414. The summed E-state index contributed by atoms with van der Waals surface area (Å²) in [5.74, 6) is 0.858. The normalized spacial score (nSPS) is 17.1. The zero-order chi connectivity index (χ0) is 26.7. The number of piperidine rings is 1. The molecule has 1 spiro atoms. The first-order chi connectivity index (χ1) is 18.3. The molecule has 1 aromatic heterocycles. The number of nitrogens with one attached hydrogen (secondary N) is 2. The maximum Gasteiger partial charge on any atom is 0.248 e. The second-order valence-electron chi connectivity index (χ2n) is 10.5. The van der Waals surface area contributed by atoms with Crippen molar-refractivity contribution < 1.29 is 13.9 Å². The van der Waals surface area contributed by atoms with Crippen molar-refractivity contribution in [3.05, 3.63) is 59.7 Å². The molecule has 39 heavy (non-hydrogen) atoms. The van der Waals surface area contributed by atoms with Crippen LogP contribution in [0.15, 0.2) is 48.8 Å². The Labute approximate surface area is 239 Å². The number of rotatable bonds is 8. The van der Waals surface area contributed by atoms with Crippen LogP contribution in [0.1, 0.15) is 39.0 Å². The van der Waals surface area contributed by atoms with Crippen molar-refractivity contribution >= 4 is 58.0 Å². The van der Waals surface area contributed by atoms with E-state index in [0.717, 1.165) is 6.42 Å². The summed E-state index contributed by atoms with van der Waals surface area (Å²) < 4.78 is 19.9. The third-order valence-electron chi connectivity index (χ3n) is 7.65. The summed E-state index contributed by atoms with van der Waals surface area (Å²) in [5, 5.41) is 6.83. The van der Waals surface area contributed by atoms with Gasteiger partial charge in [-0.3, -0.25) is 4.79 Å². The molecule has 1 saturated heterocycles. The second kappa shape index (κ2) is 12.5. The van der Waals surface area contributed by atoms with Gasteiger partial charge in [-0.15, -0.1) is 12.4 Å². The second-order valence-corrected chi connectivity index (χ2v) is 10.9. The third-order valence-corrected chi connectivity index (χ3v) is 7.94. The highest BCUT2D eigenvalue weighted by Crippen LogP contribution is 2.52. The number of anilines is 3. The Morgan fingerprint density at radius 2 is 2.00 bits per heavy atom. The lowest BCUT2D eigenvalue weighted by Crippen LogP contribution is -2.47. The molecule has 2 N–H and O–H groups in total. The van der Waals surface area contributed by atoms with Crippen LogP contribution in [0.3, 0.4) is 0 Å². The SMILES string of the molecule is CCC=CC(=O)Nc1cc2c(Nc3ccc(F)c(Cl)c3)ncnc2cc1OCC1CC2(CCN(C)CC2)C1.Cl. The van der Waals surface area contributed by atoms with Gasteiger partial charge in [0.2, 0.25) is 5.91 Å². The van der Waals surface area contributed by atoms with Crippen LogP contribution in [0.4, 0.5) is 21.6 Å². The Kier molecular flexibility index (Phi) is 9.31. The van der Waals surface area contributed by atoms with Gasteiger partial charge in [0, 0.05) is 17.1 Å². The predicted octanol–water partition coefficient (Wildman–Crippen LogP) is 6.99. The summed E-state index contributed by atoms with van der Waals surface area (Å²) in [4.78, 5) is 23.8. The number of benzene rings is 2. The molecule has 1 aliphatic heterocycles. The maximum absolute atomic E-state index is 13.6. The number of aromatic nitrogens is 2. The molecule has 7 nitrogen and oxygen atoms in total. The molecule has 0 atom stereocenters. The number of carbonyl (C=O) groups excluding carboxylic acids is 1. The van der Waals surface area contributed by atoms with E-state index in [1.165, 1.54) is 63.3 Å². The van der Waals surface area contributed by atoms with Crippen molar-refractivity contribution in [1.82, 2.24) is 14.9 Å². The lowest BCUT2D eigenvalue weighted by atomic mass is 9.58. The first-order valence-corrected chi connectivity index (χ1v) is 13.5. The number of carbonyl (C=O) groups is 1. The summed E-state index contributed by atoms with van der Waals surface area (Å²) in [5.41, 5.74) is 2.27. The highest BCUT2D eigenvalue weighted by molar-refractivity contribution is 6.31. The quantitative estimate of drug-likeness (QED) is 0.282. The zero-order valence-electron chi connectivity index (χ0n) is 22.2. The van der Waals surface area contributed by atoms with Gasteiger partial charge in [0.15, 0.2) is 0 Å². The summed E-state index contributed by atoms with van der Waals surface area (Å²) in [7, 11) is 2.19. The molecule has 1 aliphatic carbocycles. The van der Waals surface area contributed by atoms with Crippen molar-refractivity contribution in [2.45, 2.75) is 39.0 Å². The van der Waals surface area contributed by atoms with Crippen LogP contribution in [0.2, 0.25) is 5.02 Å². The Bertz CT molecular complexity index is 1350. The van der Waals surface area contributed by atoms with Crippen LogP contribution >= 0.6 is 24.0 Å². The largest absolute Gasteiger partial charge is 0.491 e. The molecule has 2 aliphatic rings. The molecule has 0 bridgehead atoms. The first-order valence-electron chi connectivity index (χ1n) is 13.1. The third kappa shape index (κ3) is 6.80. The average Bonchev–Trinajstić information content (AvgIpc) is 2.88. The number of fused-ring (bicyclic) bond motifs is 1. The molecule has 1 amide bonds. The lowest BCUT2D eigenvalue weighted by molar-refractivity contribution is -0.111. The number of allylic oxidation sites excluding steroid dienone is 1. The van der Waals surface area contributed by atoms with Gasteiger partial charge in [0.25, 0.3) is 0 Å². The number of hydrogen-bond donors (Lipinski definition) is 2. The van der Waals surface area contributed by atoms with E-state index in [0.29, 0.717) is 51.8 Å². The number of likely N-dealkylation sites (tertiary alicyclic amines) is 1. The molecule has 2 aromatic carbocycles. The standard InChI is InChI=1S/C29H33ClFN5O2.ClH/c1-3-4-5-27(37)35-25-13-21-24(32-18-33-28(21)34-20-6-7-23(31)22(30)12-20)14-26(25)38-17-19-15-29(16-19)8-10-36(2)11-9-29;/h4-7,12-14,18-19H,3,8-11,15-17H2,1-2H3,(H,35,37)(H,32,33,34);1H. The fourth-order valence-electron chi connectivity index (χ4n) is 5.50. The smallest absolute Gasteiger partial charge is 0.248 e. The number of amides is 1. The fourth-order valence-corrected chi connectivity index (χ4v) is 5.68. The van der Waals surface area contributed by atoms with Crippen molar-refractivity contribution in [2.75, 3.05) is 37.4 Å². The summed E-state index contributed by atoms with van der Waals surface area (Å²) in [6.07, 6.45) is 10.4. The molecule has 10 heteroatoms. The molecular weight excluding hydrogens is 540 g/mol. The van der Waals surface area contributed by atoms with E-state index in [1.807, 2.05) is 19.1 Å². The lowest BCUT2D eigenvalue weighted by Gasteiger charge is -2.51. The maximum atomic E-state index is 13.6. The Hall–Kier alpha value is -2.94. The molecular formula is C29H34Cl2FN5O2.